The van der Waals surface area contributed by atoms with Crippen molar-refractivity contribution in [1.29, 1.82) is 0 Å². The molecule has 0 fully saturated rings. The van der Waals surface area contributed by atoms with Crippen molar-refractivity contribution in [2.24, 2.45) is 0 Å². The Morgan fingerprint density at radius 2 is 2.22 bits per heavy atom. The van der Waals surface area contributed by atoms with E-state index in [1.54, 1.807) is 6.20 Å². The van der Waals surface area contributed by atoms with Crippen LogP contribution in [0.2, 0.25) is 5.02 Å². The Kier molecular flexibility index (Phi) is 4.42. The van der Waals surface area contributed by atoms with Gasteiger partial charge in [-0.3, -0.25) is 4.98 Å². The maximum atomic E-state index is 6.11. The molecule has 0 aliphatic heterocycles. The lowest BCUT2D eigenvalue weighted by Crippen LogP contribution is -2.00. The van der Waals surface area contributed by atoms with Gasteiger partial charge in [-0.2, -0.15) is 0 Å². The predicted octanol–water partition coefficient (Wildman–Crippen LogP) is 3.75. The van der Waals surface area contributed by atoms with Crippen LogP contribution in [0.3, 0.4) is 0 Å². The van der Waals surface area contributed by atoms with Crippen LogP contribution in [0.1, 0.15) is 12.5 Å². The van der Waals surface area contributed by atoms with Gasteiger partial charge in [0.2, 0.25) is 0 Å². The van der Waals surface area contributed by atoms with E-state index < -0.39 is 0 Å². The van der Waals surface area contributed by atoms with Crippen LogP contribution in [0.5, 0.6) is 5.75 Å². The van der Waals surface area contributed by atoms with E-state index in [1.807, 2.05) is 43.5 Å². The van der Waals surface area contributed by atoms with Crippen LogP contribution in [0.25, 0.3) is 0 Å². The summed E-state index contributed by atoms with van der Waals surface area (Å²) in [6.07, 6.45) is 3.60. The lowest BCUT2D eigenvalue weighted by atomic mass is 10.2. The number of benzene rings is 1. The first kappa shape index (κ1) is 12.7. The average Bonchev–Trinajstić information content (AvgIpc) is 2.41. The molecular formula is C14H15ClN2O. The minimum atomic E-state index is 0.613. The van der Waals surface area contributed by atoms with Gasteiger partial charge < -0.3 is 10.1 Å². The Bertz CT molecular complexity index is 502. The summed E-state index contributed by atoms with van der Waals surface area (Å²) in [7, 11) is 0. The second kappa shape index (κ2) is 6.26. The van der Waals surface area contributed by atoms with Crippen LogP contribution >= 0.6 is 11.6 Å². The summed E-state index contributed by atoms with van der Waals surface area (Å²) in [6.45, 7) is 3.27. The Labute approximate surface area is 112 Å². The molecule has 94 valence electrons. The summed E-state index contributed by atoms with van der Waals surface area (Å²) in [5.41, 5.74) is 2.09. The molecule has 1 heterocycles. The van der Waals surface area contributed by atoms with Crippen LogP contribution in [0.15, 0.2) is 42.7 Å². The third-order valence-electron chi connectivity index (χ3n) is 2.45. The van der Waals surface area contributed by atoms with Crippen LogP contribution in [-0.2, 0) is 6.54 Å². The molecule has 4 heteroatoms. The number of nitrogens with one attached hydrogen (secondary N) is 1. The van der Waals surface area contributed by atoms with Crippen molar-refractivity contribution >= 4 is 17.3 Å². The highest BCUT2D eigenvalue weighted by Gasteiger charge is 2.02. The first-order chi connectivity index (χ1) is 8.79. The van der Waals surface area contributed by atoms with Gasteiger partial charge in [-0.25, -0.2) is 0 Å². The third-order valence-corrected chi connectivity index (χ3v) is 2.75. The van der Waals surface area contributed by atoms with E-state index >= 15 is 0 Å². The SMILES string of the molecule is CCOc1ccc(NCc2cccnc2)cc1Cl. The number of nitrogens with zero attached hydrogens (tertiary/aromatic N) is 1. The summed E-state index contributed by atoms with van der Waals surface area (Å²) in [6, 6.07) is 9.63. The van der Waals surface area contributed by atoms with Gasteiger partial charge in [-0.15, -0.1) is 0 Å². The molecule has 0 bridgehead atoms. The molecule has 0 saturated carbocycles. The van der Waals surface area contributed by atoms with E-state index in [1.165, 1.54) is 0 Å². The highest BCUT2D eigenvalue weighted by molar-refractivity contribution is 6.32. The molecule has 0 unspecified atom stereocenters. The number of anilines is 1. The van der Waals surface area contributed by atoms with Gasteiger partial charge in [0, 0.05) is 24.6 Å². The Balaban J connectivity index is 2.00. The zero-order valence-corrected chi connectivity index (χ0v) is 10.9. The topological polar surface area (TPSA) is 34.1 Å². The van der Waals surface area contributed by atoms with Crippen molar-refractivity contribution < 1.29 is 4.74 Å². The molecule has 0 saturated heterocycles. The molecule has 0 aliphatic rings. The van der Waals surface area contributed by atoms with Crippen LogP contribution in [0, 0.1) is 0 Å². The standard InChI is InChI=1S/C14H15ClN2O/c1-2-18-14-6-5-12(8-13(14)15)17-10-11-4-3-7-16-9-11/h3-9,17H,2,10H2,1H3. The normalized spacial score (nSPS) is 10.1. The highest BCUT2D eigenvalue weighted by Crippen LogP contribution is 2.27. The number of halogens is 1. The van der Waals surface area contributed by atoms with E-state index in [9.17, 15) is 0 Å². The predicted molar refractivity (Wildman–Crippen MR) is 74.2 cm³/mol. The van der Waals surface area contributed by atoms with E-state index in [2.05, 4.69) is 10.3 Å². The molecule has 2 aromatic rings. The molecule has 1 aromatic heterocycles. The van der Waals surface area contributed by atoms with Gasteiger partial charge in [0.25, 0.3) is 0 Å². The maximum absolute atomic E-state index is 6.11. The minimum absolute atomic E-state index is 0.613. The smallest absolute Gasteiger partial charge is 0.138 e. The van der Waals surface area contributed by atoms with Crippen LogP contribution in [0.4, 0.5) is 5.69 Å². The lowest BCUT2D eigenvalue weighted by molar-refractivity contribution is 0.340. The molecule has 18 heavy (non-hydrogen) atoms. The molecule has 0 radical (unpaired) electrons. The number of hydrogen-bond acceptors (Lipinski definition) is 3. The molecule has 3 nitrogen and oxygen atoms in total. The zero-order chi connectivity index (χ0) is 12.8. The minimum Gasteiger partial charge on any atom is -0.492 e. The fourth-order valence-corrected chi connectivity index (χ4v) is 1.83. The highest BCUT2D eigenvalue weighted by atomic mass is 35.5. The van der Waals surface area contributed by atoms with E-state index in [0.29, 0.717) is 17.4 Å². The molecule has 0 spiro atoms. The Morgan fingerprint density at radius 1 is 1.33 bits per heavy atom. The van der Waals surface area contributed by atoms with Crippen molar-refractivity contribution in [1.82, 2.24) is 4.98 Å². The van der Waals surface area contributed by atoms with Crippen molar-refractivity contribution in [3.8, 4) is 5.75 Å². The van der Waals surface area contributed by atoms with Crippen LogP contribution < -0.4 is 10.1 Å². The first-order valence-corrected chi connectivity index (χ1v) is 6.22. The molecule has 0 amide bonds. The summed E-state index contributed by atoms with van der Waals surface area (Å²) >= 11 is 6.11. The Hall–Kier alpha value is -1.74. The second-order valence-corrected chi connectivity index (χ2v) is 4.20. The second-order valence-electron chi connectivity index (χ2n) is 3.79. The maximum Gasteiger partial charge on any atom is 0.138 e. The van der Waals surface area contributed by atoms with E-state index in [0.717, 1.165) is 17.8 Å². The van der Waals surface area contributed by atoms with Crippen molar-refractivity contribution in [2.45, 2.75) is 13.5 Å². The average molecular weight is 263 g/mol. The van der Waals surface area contributed by atoms with E-state index in [4.69, 9.17) is 16.3 Å². The third kappa shape index (κ3) is 3.37. The lowest BCUT2D eigenvalue weighted by Gasteiger charge is -2.09. The van der Waals surface area contributed by atoms with Gasteiger partial charge in [0.15, 0.2) is 0 Å². The Morgan fingerprint density at radius 3 is 2.89 bits per heavy atom. The number of hydrogen-bond donors (Lipinski definition) is 1. The zero-order valence-electron chi connectivity index (χ0n) is 10.2. The molecule has 0 aliphatic carbocycles. The summed E-state index contributed by atoms with van der Waals surface area (Å²) < 4.78 is 5.38. The summed E-state index contributed by atoms with van der Waals surface area (Å²) in [5, 5.41) is 3.91. The number of rotatable bonds is 5. The molecular weight excluding hydrogens is 248 g/mol. The van der Waals surface area contributed by atoms with Crippen molar-refractivity contribution in [3.63, 3.8) is 0 Å². The largest absolute Gasteiger partial charge is 0.492 e. The number of ether oxygens (including phenoxy) is 1. The molecule has 0 atom stereocenters. The van der Waals surface area contributed by atoms with Gasteiger partial charge in [0.05, 0.1) is 11.6 Å². The fraction of sp³-hybridized carbons (Fsp3) is 0.214. The van der Waals surface area contributed by atoms with Gasteiger partial charge in [0.1, 0.15) is 5.75 Å². The van der Waals surface area contributed by atoms with Crippen molar-refractivity contribution in [2.75, 3.05) is 11.9 Å². The monoisotopic (exact) mass is 262 g/mol. The molecule has 1 aromatic carbocycles. The number of aromatic nitrogens is 1. The summed E-state index contributed by atoms with van der Waals surface area (Å²) in [5.74, 6) is 0.714. The first-order valence-electron chi connectivity index (χ1n) is 5.84. The molecule has 2 rings (SSSR count). The fourth-order valence-electron chi connectivity index (χ4n) is 1.59. The van der Waals surface area contributed by atoms with E-state index in [-0.39, 0.29) is 0 Å². The van der Waals surface area contributed by atoms with Gasteiger partial charge in [-0.05, 0) is 36.8 Å². The quantitative estimate of drug-likeness (QED) is 0.891. The van der Waals surface area contributed by atoms with Gasteiger partial charge in [-0.1, -0.05) is 17.7 Å². The molecule has 1 N–H and O–H groups in total. The van der Waals surface area contributed by atoms with Crippen LogP contribution in [-0.4, -0.2) is 11.6 Å². The van der Waals surface area contributed by atoms with Crippen molar-refractivity contribution in [3.05, 3.63) is 53.3 Å². The summed E-state index contributed by atoms with van der Waals surface area (Å²) in [4.78, 5) is 4.07. The van der Waals surface area contributed by atoms with Gasteiger partial charge >= 0.3 is 0 Å². The number of pyridine rings is 1.